The molecule has 2 aliphatic rings. The van der Waals surface area contributed by atoms with E-state index in [0.29, 0.717) is 12.2 Å². The Bertz CT molecular complexity index is 405. The van der Waals surface area contributed by atoms with Gasteiger partial charge in [0.15, 0.2) is 5.67 Å². The third-order valence-corrected chi connectivity index (χ3v) is 4.42. The van der Waals surface area contributed by atoms with Crippen molar-refractivity contribution in [2.24, 2.45) is 0 Å². The predicted molar refractivity (Wildman–Crippen MR) is 64.8 cm³/mol. The zero-order chi connectivity index (χ0) is 13.2. The van der Waals surface area contributed by atoms with E-state index in [1.54, 1.807) is 6.08 Å². The van der Waals surface area contributed by atoms with E-state index in [4.69, 9.17) is 0 Å². The van der Waals surface area contributed by atoms with Crippen LogP contribution in [0.4, 0.5) is 4.39 Å². The number of likely N-dealkylation sites (tertiary alicyclic amines) is 1. The van der Waals surface area contributed by atoms with Gasteiger partial charge in [-0.25, -0.2) is 4.39 Å². The van der Waals surface area contributed by atoms with E-state index in [1.165, 1.54) is 10.3 Å². The second-order valence-corrected chi connectivity index (χ2v) is 5.93. The monoisotopic (exact) mass is 274 g/mol. The quantitative estimate of drug-likeness (QED) is 0.719. The number of carbonyl (C=O) groups excluding carboxylic acids is 2. The van der Waals surface area contributed by atoms with Crippen molar-refractivity contribution in [3.05, 3.63) is 11.5 Å². The SMILES string of the molecule is O=CN1CCC(F)(C(=O)NC2C=CS(=O)C2)CC1. The smallest absolute Gasteiger partial charge is 0.258 e. The highest BCUT2D eigenvalue weighted by Crippen LogP contribution is 2.26. The molecule has 0 bridgehead atoms. The predicted octanol–water partition coefficient (Wildman–Crippen LogP) is -0.292. The maximum Gasteiger partial charge on any atom is 0.258 e. The molecule has 1 saturated heterocycles. The van der Waals surface area contributed by atoms with Gasteiger partial charge in [0.2, 0.25) is 6.41 Å². The van der Waals surface area contributed by atoms with Crippen molar-refractivity contribution in [3.63, 3.8) is 0 Å². The van der Waals surface area contributed by atoms with Gasteiger partial charge in [0.25, 0.3) is 5.91 Å². The third-order valence-electron chi connectivity index (χ3n) is 3.27. The molecule has 1 N–H and O–H groups in total. The average Bonchev–Trinajstić information content (AvgIpc) is 2.76. The largest absolute Gasteiger partial charge is 0.346 e. The maximum atomic E-state index is 14.4. The molecule has 18 heavy (non-hydrogen) atoms. The van der Waals surface area contributed by atoms with Crippen LogP contribution in [0.25, 0.3) is 0 Å². The van der Waals surface area contributed by atoms with E-state index in [1.807, 2.05) is 0 Å². The van der Waals surface area contributed by atoms with Crippen LogP contribution in [0, 0.1) is 0 Å². The van der Waals surface area contributed by atoms with Crippen LogP contribution >= 0.6 is 0 Å². The van der Waals surface area contributed by atoms with Gasteiger partial charge in [-0.15, -0.1) is 0 Å². The molecule has 2 rings (SSSR count). The number of amides is 2. The summed E-state index contributed by atoms with van der Waals surface area (Å²) in [5.41, 5.74) is -1.92. The Morgan fingerprint density at radius 1 is 1.50 bits per heavy atom. The molecule has 0 saturated carbocycles. The number of nitrogens with zero attached hydrogens (tertiary/aromatic N) is 1. The molecule has 0 aliphatic carbocycles. The first-order valence-corrected chi connectivity index (χ1v) is 7.16. The summed E-state index contributed by atoms with van der Waals surface area (Å²) in [6.45, 7) is 0.500. The average molecular weight is 274 g/mol. The zero-order valence-corrected chi connectivity index (χ0v) is 10.6. The molecule has 0 aromatic carbocycles. The van der Waals surface area contributed by atoms with Crippen LogP contribution in [0.2, 0.25) is 0 Å². The minimum Gasteiger partial charge on any atom is -0.346 e. The lowest BCUT2D eigenvalue weighted by molar-refractivity contribution is -0.138. The number of alkyl halides is 1. The fraction of sp³-hybridized carbons (Fsp3) is 0.636. The van der Waals surface area contributed by atoms with Crippen LogP contribution < -0.4 is 5.32 Å². The summed E-state index contributed by atoms with van der Waals surface area (Å²) in [6.07, 6.45) is 2.31. The number of rotatable bonds is 3. The van der Waals surface area contributed by atoms with Crippen molar-refractivity contribution in [2.75, 3.05) is 18.8 Å². The number of carbonyl (C=O) groups is 2. The molecular formula is C11H15FN2O3S. The molecular weight excluding hydrogens is 259 g/mol. The molecule has 2 unspecified atom stereocenters. The fourth-order valence-electron chi connectivity index (χ4n) is 2.07. The molecule has 2 heterocycles. The van der Waals surface area contributed by atoms with Crippen molar-refractivity contribution < 1.29 is 18.2 Å². The van der Waals surface area contributed by atoms with Gasteiger partial charge < -0.3 is 10.2 Å². The van der Waals surface area contributed by atoms with Gasteiger partial charge in [0.05, 0.1) is 11.8 Å². The lowest BCUT2D eigenvalue weighted by Crippen LogP contribution is -2.53. The van der Waals surface area contributed by atoms with Gasteiger partial charge in [-0.05, 0) is 0 Å². The van der Waals surface area contributed by atoms with Crippen molar-refractivity contribution >= 4 is 23.1 Å². The topological polar surface area (TPSA) is 66.5 Å². The van der Waals surface area contributed by atoms with Crippen LogP contribution in [0.3, 0.4) is 0 Å². The Hall–Kier alpha value is -1.24. The van der Waals surface area contributed by atoms with Crippen LogP contribution in [-0.4, -0.2) is 52.0 Å². The maximum absolute atomic E-state index is 14.4. The van der Waals surface area contributed by atoms with Gasteiger partial charge in [-0.1, -0.05) is 6.08 Å². The van der Waals surface area contributed by atoms with Crippen molar-refractivity contribution in [1.82, 2.24) is 10.2 Å². The summed E-state index contributed by atoms with van der Waals surface area (Å²) in [7, 11) is -1.07. The lowest BCUT2D eigenvalue weighted by atomic mass is 9.92. The molecule has 0 aromatic rings. The molecule has 0 radical (unpaired) electrons. The van der Waals surface area contributed by atoms with E-state index >= 15 is 0 Å². The number of piperidine rings is 1. The van der Waals surface area contributed by atoms with E-state index in [2.05, 4.69) is 5.32 Å². The summed E-state index contributed by atoms with van der Waals surface area (Å²) >= 11 is 0. The Kier molecular flexibility index (Phi) is 3.79. The Morgan fingerprint density at radius 3 is 2.67 bits per heavy atom. The van der Waals surface area contributed by atoms with Crippen LogP contribution in [0.5, 0.6) is 0 Å². The van der Waals surface area contributed by atoms with Crippen LogP contribution in [0.1, 0.15) is 12.8 Å². The summed E-state index contributed by atoms with van der Waals surface area (Å²) in [6, 6.07) is -0.352. The van der Waals surface area contributed by atoms with Gasteiger partial charge in [-0.2, -0.15) is 0 Å². The summed E-state index contributed by atoms with van der Waals surface area (Å²) in [5, 5.41) is 4.06. The highest BCUT2D eigenvalue weighted by atomic mass is 32.2. The summed E-state index contributed by atoms with van der Waals surface area (Å²) in [5.74, 6) is -0.357. The third kappa shape index (κ3) is 2.77. The molecule has 2 aliphatic heterocycles. The first kappa shape index (κ1) is 13.2. The second-order valence-electron chi connectivity index (χ2n) is 4.56. The minimum atomic E-state index is -1.92. The molecule has 2 atom stereocenters. The molecule has 0 spiro atoms. The molecule has 1 fully saturated rings. The number of nitrogens with one attached hydrogen (secondary N) is 1. The number of hydrogen-bond acceptors (Lipinski definition) is 3. The summed E-state index contributed by atoms with van der Waals surface area (Å²) < 4.78 is 25.5. The van der Waals surface area contributed by atoms with E-state index in [-0.39, 0.29) is 32.0 Å². The van der Waals surface area contributed by atoms with Gasteiger partial charge >= 0.3 is 0 Å². The normalized spacial score (nSPS) is 30.2. The molecule has 7 heteroatoms. The number of halogens is 1. The summed E-state index contributed by atoms with van der Waals surface area (Å²) in [4.78, 5) is 23.8. The first-order chi connectivity index (χ1) is 8.53. The van der Waals surface area contributed by atoms with E-state index in [0.717, 1.165) is 0 Å². The molecule has 2 amide bonds. The Balaban J connectivity index is 1.90. The standard InChI is InChI=1S/C11H15FN2O3S/c12-11(2-4-14(8-15)5-3-11)10(16)13-9-1-6-18(17)7-9/h1,6,8-9H,2-5,7H2,(H,13,16). The molecule has 0 aromatic heterocycles. The lowest BCUT2D eigenvalue weighted by Gasteiger charge is -2.33. The van der Waals surface area contributed by atoms with Crippen LogP contribution in [0.15, 0.2) is 11.5 Å². The molecule has 5 nitrogen and oxygen atoms in total. The highest BCUT2D eigenvalue weighted by molar-refractivity contribution is 7.88. The fourth-order valence-corrected chi connectivity index (χ4v) is 3.09. The van der Waals surface area contributed by atoms with E-state index < -0.39 is 22.4 Å². The Labute approximate surface area is 107 Å². The molecule has 100 valence electrons. The van der Waals surface area contributed by atoms with Crippen molar-refractivity contribution in [3.8, 4) is 0 Å². The van der Waals surface area contributed by atoms with Crippen molar-refractivity contribution in [1.29, 1.82) is 0 Å². The van der Waals surface area contributed by atoms with E-state index in [9.17, 15) is 18.2 Å². The van der Waals surface area contributed by atoms with Crippen LogP contribution in [-0.2, 0) is 20.4 Å². The van der Waals surface area contributed by atoms with Gasteiger partial charge in [-0.3, -0.25) is 13.8 Å². The van der Waals surface area contributed by atoms with Gasteiger partial charge in [0, 0.05) is 42.1 Å². The second kappa shape index (κ2) is 5.17. The first-order valence-electron chi connectivity index (χ1n) is 5.78. The van der Waals surface area contributed by atoms with Crippen molar-refractivity contribution in [2.45, 2.75) is 24.6 Å². The Morgan fingerprint density at radius 2 is 2.17 bits per heavy atom. The minimum absolute atomic E-state index is 0.0110. The van der Waals surface area contributed by atoms with Gasteiger partial charge in [0.1, 0.15) is 0 Å². The highest BCUT2D eigenvalue weighted by Gasteiger charge is 2.42. The number of hydrogen-bond donors (Lipinski definition) is 1. The zero-order valence-electron chi connectivity index (χ0n) is 9.80.